The lowest BCUT2D eigenvalue weighted by Crippen LogP contribution is -2.17. The highest BCUT2D eigenvalue weighted by Gasteiger charge is 2.20. The summed E-state index contributed by atoms with van der Waals surface area (Å²) in [5.74, 6) is -0.0969. The highest BCUT2D eigenvalue weighted by atomic mass is 79.9. The van der Waals surface area contributed by atoms with Gasteiger partial charge in [0.2, 0.25) is 11.2 Å². The number of ether oxygens (including phenoxy) is 1. The molecule has 144 valence electrons. The molecule has 0 aliphatic rings. The lowest BCUT2D eigenvalue weighted by Gasteiger charge is -2.12. The maximum atomic E-state index is 13.1. The second-order valence-electron chi connectivity index (χ2n) is 6.28. The first-order chi connectivity index (χ1) is 14.0. The van der Waals surface area contributed by atoms with E-state index in [1.165, 1.54) is 0 Å². The number of fused-ring (bicyclic) bond motifs is 1. The first kappa shape index (κ1) is 19.4. The number of para-hydroxylation sites is 1. The molecule has 0 amide bonds. The molecule has 0 radical (unpaired) electrons. The van der Waals surface area contributed by atoms with E-state index in [2.05, 4.69) is 15.9 Å². The summed E-state index contributed by atoms with van der Waals surface area (Å²) in [5, 5.41) is 0.782. The molecule has 0 N–H and O–H groups in total. The third kappa shape index (κ3) is 3.97. The molecule has 0 fully saturated rings. The normalized spacial score (nSPS) is 10.8. The second kappa shape index (κ2) is 8.23. The van der Waals surface area contributed by atoms with Crippen molar-refractivity contribution in [2.45, 2.75) is 0 Å². The number of halogens is 2. The van der Waals surface area contributed by atoms with E-state index in [0.29, 0.717) is 27.1 Å². The third-order valence-electron chi connectivity index (χ3n) is 4.39. The Morgan fingerprint density at radius 2 is 1.66 bits per heavy atom. The molecule has 29 heavy (non-hydrogen) atoms. The van der Waals surface area contributed by atoms with Gasteiger partial charge in [0.15, 0.2) is 18.2 Å². The zero-order chi connectivity index (χ0) is 20.4. The van der Waals surface area contributed by atoms with Crippen molar-refractivity contribution in [2.24, 2.45) is 0 Å². The fourth-order valence-corrected chi connectivity index (χ4v) is 3.42. The van der Waals surface area contributed by atoms with E-state index >= 15 is 0 Å². The van der Waals surface area contributed by atoms with E-state index in [9.17, 15) is 9.59 Å². The van der Waals surface area contributed by atoms with Crippen LogP contribution >= 0.6 is 27.5 Å². The number of rotatable bonds is 5. The van der Waals surface area contributed by atoms with Crippen molar-refractivity contribution in [1.82, 2.24) is 0 Å². The Bertz CT molecular complexity index is 1260. The average Bonchev–Trinajstić information content (AvgIpc) is 2.74. The predicted octanol–water partition coefficient (Wildman–Crippen LogP) is 6.14. The van der Waals surface area contributed by atoms with Crippen molar-refractivity contribution in [2.75, 3.05) is 6.61 Å². The van der Waals surface area contributed by atoms with Crippen LogP contribution in [0.4, 0.5) is 0 Å². The van der Waals surface area contributed by atoms with Gasteiger partial charge in [-0.2, -0.15) is 0 Å². The first-order valence-corrected chi connectivity index (χ1v) is 9.94. The monoisotopic (exact) mass is 468 g/mol. The van der Waals surface area contributed by atoms with Gasteiger partial charge in [0.05, 0.1) is 10.4 Å². The summed E-state index contributed by atoms with van der Waals surface area (Å²) in [5.41, 5.74) is 1.06. The lowest BCUT2D eigenvalue weighted by molar-refractivity contribution is 0.0920. The molecule has 3 aromatic carbocycles. The van der Waals surface area contributed by atoms with Crippen LogP contribution in [0.25, 0.3) is 22.3 Å². The van der Waals surface area contributed by atoms with E-state index < -0.39 is 0 Å². The van der Waals surface area contributed by atoms with E-state index in [-0.39, 0.29) is 29.3 Å². The number of carbonyl (C=O) groups is 1. The minimum Gasteiger partial charge on any atom is -0.478 e. The van der Waals surface area contributed by atoms with Gasteiger partial charge in [-0.25, -0.2) is 0 Å². The fourth-order valence-electron chi connectivity index (χ4n) is 2.94. The summed E-state index contributed by atoms with van der Waals surface area (Å²) in [6.07, 6.45) is 0. The minimum atomic E-state index is -0.356. The van der Waals surface area contributed by atoms with Gasteiger partial charge in [-0.3, -0.25) is 9.59 Å². The minimum absolute atomic E-state index is 0.0396. The molecule has 0 aliphatic heterocycles. The predicted molar refractivity (Wildman–Crippen MR) is 117 cm³/mol. The van der Waals surface area contributed by atoms with Gasteiger partial charge in [-0.15, -0.1) is 0 Å². The van der Waals surface area contributed by atoms with Gasteiger partial charge < -0.3 is 9.15 Å². The lowest BCUT2D eigenvalue weighted by atomic mass is 10.1. The first-order valence-electron chi connectivity index (χ1n) is 8.77. The van der Waals surface area contributed by atoms with Crippen LogP contribution in [-0.2, 0) is 0 Å². The molecule has 4 nitrogen and oxygen atoms in total. The van der Waals surface area contributed by atoms with Gasteiger partial charge in [-0.05, 0) is 36.4 Å². The molecular formula is C23H14BrClO4. The summed E-state index contributed by atoms with van der Waals surface area (Å²) in [4.78, 5) is 25.6. The molecule has 6 heteroatoms. The van der Waals surface area contributed by atoms with Crippen LogP contribution in [-0.4, -0.2) is 12.4 Å². The highest BCUT2D eigenvalue weighted by Crippen LogP contribution is 2.35. The summed E-state index contributed by atoms with van der Waals surface area (Å²) >= 11 is 9.65. The largest absolute Gasteiger partial charge is 0.478 e. The van der Waals surface area contributed by atoms with Crippen LogP contribution < -0.4 is 10.2 Å². The van der Waals surface area contributed by atoms with E-state index in [1.807, 2.05) is 0 Å². The van der Waals surface area contributed by atoms with Crippen LogP contribution in [0.5, 0.6) is 5.75 Å². The quantitative estimate of drug-likeness (QED) is 0.330. The number of hydrogen-bond acceptors (Lipinski definition) is 4. The summed E-state index contributed by atoms with van der Waals surface area (Å²) in [6.45, 7) is -0.303. The Hall–Kier alpha value is -2.89. The molecule has 0 unspecified atom stereocenters. The number of benzene rings is 3. The van der Waals surface area contributed by atoms with Gasteiger partial charge in [0, 0.05) is 15.6 Å². The standard InChI is InChI=1S/C23H14BrClO4/c24-15-11-9-14(10-12-15)19(26)13-28-23-21(27)17-6-2-4-8-20(17)29-22(23)16-5-1-3-7-18(16)25/h1-12H,13H2. The molecular weight excluding hydrogens is 456 g/mol. The summed E-state index contributed by atoms with van der Waals surface area (Å²) < 4.78 is 12.5. The van der Waals surface area contributed by atoms with Gasteiger partial charge in [-0.1, -0.05) is 63.9 Å². The Balaban J connectivity index is 1.78. The number of ketones is 1. The van der Waals surface area contributed by atoms with Crippen molar-refractivity contribution in [1.29, 1.82) is 0 Å². The van der Waals surface area contributed by atoms with Gasteiger partial charge >= 0.3 is 0 Å². The van der Waals surface area contributed by atoms with Crippen LogP contribution in [0, 0.1) is 0 Å². The maximum absolute atomic E-state index is 13.1. The van der Waals surface area contributed by atoms with Crippen LogP contribution in [0.15, 0.2) is 86.5 Å². The summed E-state index contributed by atoms with van der Waals surface area (Å²) in [6, 6.07) is 20.8. The van der Waals surface area contributed by atoms with Crippen molar-refractivity contribution in [3.63, 3.8) is 0 Å². The fraction of sp³-hybridized carbons (Fsp3) is 0.0435. The molecule has 1 aromatic heterocycles. The molecule has 0 bridgehead atoms. The van der Waals surface area contributed by atoms with Crippen LogP contribution in [0.3, 0.4) is 0 Å². The Morgan fingerprint density at radius 1 is 0.966 bits per heavy atom. The molecule has 0 spiro atoms. The Labute approximate surface area is 179 Å². The van der Waals surface area contributed by atoms with E-state index in [4.69, 9.17) is 20.8 Å². The zero-order valence-electron chi connectivity index (χ0n) is 15.0. The van der Waals surface area contributed by atoms with Crippen LogP contribution in [0.2, 0.25) is 5.02 Å². The van der Waals surface area contributed by atoms with Crippen molar-refractivity contribution in [3.8, 4) is 17.1 Å². The molecule has 1 heterocycles. The average molecular weight is 470 g/mol. The molecule has 0 saturated heterocycles. The van der Waals surface area contributed by atoms with Crippen molar-refractivity contribution < 1.29 is 13.9 Å². The summed E-state index contributed by atoms with van der Waals surface area (Å²) in [7, 11) is 0. The number of Topliss-reactive ketones (excluding diaryl/α,β-unsaturated/α-hetero) is 1. The van der Waals surface area contributed by atoms with Gasteiger partial charge in [0.1, 0.15) is 5.58 Å². The Kier molecular flexibility index (Phi) is 5.51. The second-order valence-corrected chi connectivity index (χ2v) is 7.61. The maximum Gasteiger partial charge on any atom is 0.235 e. The zero-order valence-corrected chi connectivity index (χ0v) is 17.4. The molecule has 0 atom stereocenters. The number of hydrogen-bond donors (Lipinski definition) is 0. The van der Waals surface area contributed by atoms with E-state index in [1.54, 1.807) is 72.8 Å². The topological polar surface area (TPSA) is 56.5 Å². The molecule has 0 aliphatic carbocycles. The Morgan fingerprint density at radius 3 is 2.41 bits per heavy atom. The smallest absolute Gasteiger partial charge is 0.235 e. The SMILES string of the molecule is O=C(COc1c(-c2ccccc2Cl)oc2ccccc2c1=O)c1ccc(Br)cc1. The molecule has 4 rings (SSSR count). The van der Waals surface area contributed by atoms with Crippen molar-refractivity contribution in [3.05, 3.63) is 98.1 Å². The molecule has 4 aromatic rings. The third-order valence-corrected chi connectivity index (χ3v) is 5.25. The van der Waals surface area contributed by atoms with Crippen molar-refractivity contribution >= 4 is 44.3 Å². The van der Waals surface area contributed by atoms with Gasteiger partial charge in [0.25, 0.3) is 0 Å². The molecule has 0 saturated carbocycles. The number of carbonyl (C=O) groups excluding carboxylic acids is 1. The highest BCUT2D eigenvalue weighted by molar-refractivity contribution is 9.10. The van der Waals surface area contributed by atoms with Crippen LogP contribution in [0.1, 0.15) is 10.4 Å². The van der Waals surface area contributed by atoms with E-state index in [0.717, 1.165) is 4.47 Å².